The standard InChI is InChI=1S/C14H12O2Se/c1-10-7-8-12(14(15)16)13(9-10)17-11-5-3-2-4-6-11/h2-9H,1H3,(H,15,16). The van der Waals surface area contributed by atoms with Crippen molar-refractivity contribution >= 4 is 29.8 Å². The number of aryl methyl sites for hydroxylation is 1. The molecule has 0 aliphatic carbocycles. The zero-order valence-corrected chi connectivity index (χ0v) is 11.1. The first-order valence-electron chi connectivity index (χ1n) is 5.23. The maximum atomic E-state index is 11.1. The molecule has 0 spiro atoms. The Hall–Kier alpha value is -1.57. The first-order valence-corrected chi connectivity index (χ1v) is 6.95. The van der Waals surface area contributed by atoms with Crippen molar-refractivity contribution in [1.29, 1.82) is 0 Å². The van der Waals surface area contributed by atoms with Crippen LogP contribution < -0.4 is 8.92 Å². The molecular formula is C14H12O2Se. The second-order valence-electron chi connectivity index (χ2n) is 3.72. The second-order valence-corrected chi connectivity index (χ2v) is 6.06. The van der Waals surface area contributed by atoms with E-state index in [0.717, 1.165) is 10.0 Å². The predicted octanol–water partition coefficient (Wildman–Crippen LogP) is 1.35. The van der Waals surface area contributed by atoms with Crippen LogP contribution in [0.5, 0.6) is 0 Å². The molecule has 0 bridgehead atoms. The number of carboxylic acid groups (broad SMARTS) is 1. The van der Waals surface area contributed by atoms with Crippen LogP contribution in [-0.4, -0.2) is 26.0 Å². The summed E-state index contributed by atoms with van der Waals surface area (Å²) in [5.74, 6) is -0.849. The first kappa shape index (κ1) is 11.9. The number of hydrogen-bond donors (Lipinski definition) is 1. The van der Waals surface area contributed by atoms with E-state index in [-0.39, 0.29) is 15.0 Å². The van der Waals surface area contributed by atoms with Gasteiger partial charge in [-0.1, -0.05) is 0 Å². The molecule has 0 saturated carbocycles. The summed E-state index contributed by atoms with van der Waals surface area (Å²) >= 11 is 0.0427. The van der Waals surface area contributed by atoms with Gasteiger partial charge in [-0.05, 0) is 0 Å². The van der Waals surface area contributed by atoms with Crippen molar-refractivity contribution in [2.24, 2.45) is 0 Å². The van der Waals surface area contributed by atoms with Crippen LogP contribution in [0.3, 0.4) is 0 Å². The number of hydrogen-bond acceptors (Lipinski definition) is 1. The van der Waals surface area contributed by atoms with E-state index in [4.69, 9.17) is 5.11 Å². The average molecular weight is 291 g/mol. The molecule has 2 rings (SSSR count). The van der Waals surface area contributed by atoms with Gasteiger partial charge in [-0.3, -0.25) is 0 Å². The Morgan fingerprint density at radius 1 is 1.12 bits per heavy atom. The van der Waals surface area contributed by atoms with Gasteiger partial charge < -0.3 is 0 Å². The van der Waals surface area contributed by atoms with Gasteiger partial charge in [0.25, 0.3) is 0 Å². The third-order valence-corrected chi connectivity index (χ3v) is 4.57. The van der Waals surface area contributed by atoms with Crippen LogP contribution in [0.2, 0.25) is 0 Å². The average Bonchev–Trinajstić information content (AvgIpc) is 2.30. The molecule has 0 aliphatic heterocycles. The van der Waals surface area contributed by atoms with Crippen LogP contribution in [0.15, 0.2) is 48.5 Å². The third kappa shape index (κ3) is 2.96. The van der Waals surface area contributed by atoms with Gasteiger partial charge >= 0.3 is 106 Å². The van der Waals surface area contributed by atoms with E-state index in [9.17, 15) is 4.79 Å². The number of aromatic carboxylic acids is 1. The van der Waals surface area contributed by atoms with Gasteiger partial charge in [0.05, 0.1) is 0 Å². The van der Waals surface area contributed by atoms with Gasteiger partial charge in [-0.15, -0.1) is 0 Å². The minimum absolute atomic E-state index is 0.0427. The van der Waals surface area contributed by atoms with Crippen LogP contribution >= 0.6 is 0 Å². The van der Waals surface area contributed by atoms with Crippen molar-refractivity contribution < 1.29 is 9.90 Å². The van der Waals surface area contributed by atoms with E-state index < -0.39 is 5.97 Å². The number of rotatable bonds is 3. The molecule has 2 nitrogen and oxygen atoms in total. The quantitative estimate of drug-likeness (QED) is 0.867. The Morgan fingerprint density at radius 3 is 2.47 bits per heavy atom. The molecule has 1 N–H and O–H groups in total. The van der Waals surface area contributed by atoms with Crippen LogP contribution in [0.1, 0.15) is 15.9 Å². The summed E-state index contributed by atoms with van der Waals surface area (Å²) in [5.41, 5.74) is 1.52. The topological polar surface area (TPSA) is 37.3 Å². The molecule has 0 atom stereocenters. The maximum absolute atomic E-state index is 11.1. The Morgan fingerprint density at radius 2 is 1.82 bits per heavy atom. The van der Waals surface area contributed by atoms with Gasteiger partial charge in [-0.25, -0.2) is 0 Å². The molecule has 0 aromatic heterocycles. The second kappa shape index (κ2) is 5.17. The molecule has 3 heteroatoms. The monoisotopic (exact) mass is 292 g/mol. The van der Waals surface area contributed by atoms with E-state index in [1.54, 1.807) is 6.07 Å². The van der Waals surface area contributed by atoms with Crippen LogP contribution in [-0.2, 0) is 0 Å². The van der Waals surface area contributed by atoms with Crippen LogP contribution in [0.4, 0.5) is 0 Å². The summed E-state index contributed by atoms with van der Waals surface area (Å²) in [6.45, 7) is 1.98. The van der Waals surface area contributed by atoms with E-state index in [0.29, 0.717) is 5.56 Å². The molecule has 17 heavy (non-hydrogen) atoms. The fourth-order valence-corrected chi connectivity index (χ4v) is 3.72. The molecule has 0 radical (unpaired) electrons. The van der Waals surface area contributed by atoms with Crippen LogP contribution in [0.25, 0.3) is 0 Å². The fourth-order valence-electron chi connectivity index (χ4n) is 1.51. The summed E-state index contributed by atoms with van der Waals surface area (Å²) < 4.78 is 2.12. The molecular weight excluding hydrogens is 279 g/mol. The molecule has 0 fully saturated rings. The summed E-state index contributed by atoms with van der Waals surface area (Å²) in [4.78, 5) is 11.1. The molecule has 0 amide bonds. The molecule has 2 aromatic rings. The fraction of sp³-hybridized carbons (Fsp3) is 0.0714. The van der Waals surface area contributed by atoms with E-state index >= 15 is 0 Å². The van der Waals surface area contributed by atoms with E-state index in [1.165, 1.54) is 4.46 Å². The number of carboxylic acids is 1. The molecule has 0 aliphatic rings. The molecule has 86 valence electrons. The Kier molecular flexibility index (Phi) is 3.62. The predicted molar refractivity (Wildman–Crippen MR) is 69.6 cm³/mol. The van der Waals surface area contributed by atoms with Crippen molar-refractivity contribution in [2.75, 3.05) is 0 Å². The Balaban J connectivity index is 2.37. The van der Waals surface area contributed by atoms with E-state index in [2.05, 4.69) is 0 Å². The minimum atomic E-state index is -0.849. The van der Waals surface area contributed by atoms with Gasteiger partial charge in [-0.2, -0.15) is 0 Å². The van der Waals surface area contributed by atoms with Crippen molar-refractivity contribution in [2.45, 2.75) is 6.92 Å². The molecule has 0 unspecified atom stereocenters. The van der Waals surface area contributed by atoms with Crippen molar-refractivity contribution in [3.63, 3.8) is 0 Å². The summed E-state index contributed by atoms with van der Waals surface area (Å²) in [6, 6.07) is 15.5. The Bertz CT molecular complexity index is 535. The van der Waals surface area contributed by atoms with Gasteiger partial charge in [0.2, 0.25) is 0 Å². The Labute approximate surface area is 106 Å². The zero-order chi connectivity index (χ0) is 12.3. The first-order chi connectivity index (χ1) is 8.16. The summed E-state index contributed by atoms with van der Waals surface area (Å²) in [5, 5.41) is 9.14. The van der Waals surface area contributed by atoms with Crippen molar-refractivity contribution in [1.82, 2.24) is 0 Å². The normalized spacial score (nSPS) is 10.2. The number of benzene rings is 2. The summed E-state index contributed by atoms with van der Waals surface area (Å²) in [7, 11) is 0. The van der Waals surface area contributed by atoms with E-state index in [1.807, 2.05) is 49.4 Å². The SMILES string of the molecule is Cc1ccc(C(=O)O)c([Se]c2ccccc2)c1. The van der Waals surface area contributed by atoms with Gasteiger partial charge in [0.15, 0.2) is 0 Å². The molecule has 0 saturated heterocycles. The van der Waals surface area contributed by atoms with Gasteiger partial charge in [0.1, 0.15) is 0 Å². The number of carbonyl (C=O) groups is 1. The summed E-state index contributed by atoms with van der Waals surface area (Å²) in [6.07, 6.45) is 0. The molecule has 2 aromatic carbocycles. The third-order valence-electron chi connectivity index (χ3n) is 2.34. The van der Waals surface area contributed by atoms with Crippen molar-refractivity contribution in [3.05, 3.63) is 59.7 Å². The van der Waals surface area contributed by atoms with Crippen LogP contribution in [0, 0.1) is 6.92 Å². The molecule has 0 heterocycles. The van der Waals surface area contributed by atoms with Crippen molar-refractivity contribution in [3.8, 4) is 0 Å². The van der Waals surface area contributed by atoms with Gasteiger partial charge in [0, 0.05) is 0 Å². The zero-order valence-electron chi connectivity index (χ0n) is 9.38.